The summed E-state index contributed by atoms with van der Waals surface area (Å²) in [6.45, 7) is 2.17. The van der Waals surface area contributed by atoms with Crippen molar-refractivity contribution >= 4 is 5.91 Å². The number of carbonyl (C=O) groups excluding carboxylic acids is 1. The first-order chi connectivity index (χ1) is 8.36. The maximum atomic E-state index is 12.8. The second kappa shape index (κ2) is 6.41. The Morgan fingerprint density at radius 2 is 1.94 bits per heavy atom. The van der Waals surface area contributed by atoms with E-state index in [4.69, 9.17) is 0 Å². The van der Waals surface area contributed by atoms with Gasteiger partial charge >= 0.3 is 6.18 Å². The molecular weight excluding hydrogens is 245 g/mol. The lowest BCUT2D eigenvalue weighted by Crippen LogP contribution is -2.49. The molecule has 1 aliphatic rings. The fraction of sp³-hybridized carbons (Fsp3) is 0.917. The smallest absolute Gasteiger partial charge is 0.352 e. The number of amides is 1. The van der Waals surface area contributed by atoms with Crippen molar-refractivity contribution < 1.29 is 18.0 Å². The molecule has 6 heteroatoms. The summed E-state index contributed by atoms with van der Waals surface area (Å²) in [6.07, 6.45) is -2.35. The van der Waals surface area contributed by atoms with Crippen molar-refractivity contribution in [3.63, 3.8) is 0 Å². The summed E-state index contributed by atoms with van der Waals surface area (Å²) in [7, 11) is 1.71. The molecule has 0 aromatic carbocycles. The summed E-state index contributed by atoms with van der Waals surface area (Å²) in [5, 5.41) is 5.41. The third-order valence-corrected chi connectivity index (χ3v) is 3.47. The number of hydrogen-bond donors (Lipinski definition) is 2. The zero-order valence-electron chi connectivity index (χ0n) is 10.8. The predicted molar refractivity (Wildman–Crippen MR) is 63.0 cm³/mol. The van der Waals surface area contributed by atoms with Gasteiger partial charge in [-0.25, -0.2) is 0 Å². The van der Waals surface area contributed by atoms with Crippen LogP contribution in [-0.2, 0) is 4.79 Å². The minimum Gasteiger partial charge on any atom is -0.352 e. The summed E-state index contributed by atoms with van der Waals surface area (Å²) in [4.78, 5) is 11.8. The van der Waals surface area contributed by atoms with Crippen molar-refractivity contribution in [2.45, 2.75) is 44.8 Å². The average molecular weight is 266 g/mol. The van der Waals surface area contributed by atoms with Crippen LogP contribution in [-0.4, -0.2) is 31.7 Å². The van der Waals surface area contributed by atoms with Crippen molar-refractivity contribution in [1.29, 1.82) is 0 Å². The van der Waals surface area contributed by atoms with Gasteiger partial charge in [0.05, 0.1) is 5.92 Å². The van der Waals surface area contributed by atoms with Crippen molar-refractivity contribution in [1.82, 2.24) is 10.6 Å². The van der Waals surface area contributed by atoms with Crippen LogP contribution in [0.1, 0.15) is 32.6 Å². The summed E-state index contributed by atoms with van der Waals surface area (Å²) in [5.74, 6) is -2.01. The maximum Gasteiger partial charge on any atom is 0.393 e. The molecule has 3 nitrogen and oxygen atoms in total. The molecule has 0 bridgehead atoms. The van der Waals surface area contributed by atoms with E-state index in [1.807, 2.05) is 0 Å². The van der Waals surface area contributed by atoms with Crippen LogP contribution in [0.3, 0.4) is 0 Å². The predicted octanol–water partition coefficient (Wildman–Crippen LogP) is 2.08. The molecule has 0 aromatic rings. The van der Waals surface area contributed by atoms with E-state index < -0.39 is 18.1 Å². The van der Waals surface area contributed by atoms with Gasteiger partial charge in [-0.15, -0.1) is 0 Å². The standard InChI is InChI=1S/C12H21F3N2O/c1-8(7-16-2)11(18)17-10-6-4-3-5-9(10)12(13,14)15/h8-10,16H,3-7H2,1-2H3,(H,17,18). The van der Waals surface area contributed by atoms with Crippen molar-refractivity contribution in [2.75, 3.05) is 13.6 Å². The van der Waals surface area contributed by atoms with E-state index in [1.165, 1.54) is 0 Å². The molecule has 1 rings (SSSR count). The monoisotopic (exact) mass is 266 g/mol. The molecule has 1 aliphatic carbocycles. The van der Waals surface area contributed by atoms with Crippen LogP contribution in [0.5, 0.6) is 0 Å². The van der Waals surface area contributed by atoms with Crippen LogP contribution in [0.4, 0.5) is 13.2 Å². The normalized spacial score (nSPS) is 26.7. The molecule has 0 spiro atoms. The van der Waals surface area contributed by atoms with Gasteiger partial charge in [0.15, 0.2) is 0 Å². The molecule has 0 radical (unpaired) electrons. The Kier molecular flexibility index (Phi) is 5.44. The molecule has 1 amide bonds. The molecule has 1 saturated carbocycles. The van der Waals surface area contributed by atoms with E-state index in [2.05, 4.69) is 10.6 Å². The Morgan fingerprint density at radius 1 is 1.33 bits per heavy atom. The quantitative estimate of drug-likeness (QED) is 0.818. The Bertz CT molecular complexity index is 281. The molecule has 0 aliphatic heterocycles. The molecule has 18 heavy (non-hydrogen) atoms. The highest BCUT2D eigenvalue weighted by Gasteiger charge is 2.46. The van der Waals surface area contributed by atoms with Gasteiger partial charge in [-0.3, -0.25) is 4.79 Å². The van der Waals surface area contributed by atoms with Crippen LogP contribution in [0, 0.1) is 11.8 Å². The summed E-state index contributed by atoms with van der Waals surface area (Å²) < 4.78 is 38.5. The van der Waals surface area contributed by atoms with E-state index in [0.717, 1.165) is 6.42 Å². The van der Waals surface area contributed by atoms with Crippen LogP contribution in [0.2, 0.25) is 0 Å². The van der Waals surface area contributed by atoms with Gasteiger partial charge in [0.1, 0.15) is 0 Å². The minimum atomic E-state index is -4.22. The Morgan fingerprint density at radius 3 is 2.50 bits per heavy atom. The van der Waals surface area contributed by atoms with Gasteiger partial charge in [-0.2, -0.15) is 13.2 Å². The highest BCUT2D eigenvalue weighted by atomic mass is 19.4. The van der Waals surface area contributed by atoms with Crippen LogP contribution >= 0.6 is 0 Å². The number of carbonyl (C=O) groups is 1. The first kappa shape index (κ1) is 15.3. The zero-order chi connectivity index (χ0) is 13.8. The minimum absolute atomic E-state index is 0.120. The van der Waals surface area contributed by atoms with Gasteiger partial charge in [-0.05, 0) is 19.9 Å². The fourth-order valence-electron chi connectivity index (χ4n) is 2.42. The molecule has 3 unspecified atom stereocenters. The lowest BCUT2D eigenvalue weighted by molar-refractivity contribution is -0.189. The third-order valence-electron chi connectivity index (χ3n) is 3.47. The van der Waals surface area contributed by atoms with Crippen molar-refractivity contribution in [2.24, 2.45) is 11.8 Å². The Hall–Kier alpha value is -0.780. The summed E-state index contributed by atoms with van der Waals surface area (Å²) in [6, 6.07) is -0.759. The number of alkyl halides is 3. The van der Waals surface area contributed by atoms with E-state index in [0.29, 0.717) is 19.4 Å². The zero-order valence-corrected chi connectivity index (χ0v) is 10.8. The largest absolute Gasteiger partial charge is 0.393 e. The lowest BCUT2D eigenvalue weighted by atomic mass is 9.83. The van der Waals surface area contributed by atoms with E-state index in [-0.39, 0.29) is 18.2 Å². The van der Waals surface area contributed by atoms with Crippen molar-refractivity contribution in [3.8, 4) is 0 Å². The fourth-order valence-corrected chi connectivity index (χ4v) is 2.42. The van der Waals surface area contributed by atoms with Gasteiger partial charge < -0.3 is 10.6 Å². The van der Waals surface area contributed by atoms with Crippen LogP contribution in [0.15, 0.2) is 0 Å². The van der Waals surface area contributed by atoms with Gasteiger partial charge in [-0.1, -0.05) is 19.8 Å². The number of rotatable bonds is 4. The Labute approximate surface area is 106 Å². The molecule has 0 aromatic heterocycles. The highest BCUT2D eigenvalue weighted by Crippen LogP contribution is 2.37. The molecule has 3 atom stereocenters. The number of nitrogens with one attached hydrogen (secondary N) is 2. The molecule has 106 valence electrons. The van der Waals surface area contributed by atoms with Crippen LogP contribution in [0.25, 0.3) is 0 Å². The second-order valence-electron chi connectivity index (χ2n) is 5.01. The van der Waals surface area contributed by atoms with Crippen molar-refractivity contribution in [3.05, 3.63) is 0 Å². The lowest BCUT2D eigenvalue weighted by Gasteiger charge is -2.34. The van der Waals surface area contributed by atoms with Crippen LogP contribution < -0.4 is 10.6 Å². The SMILES string of the molecule is CNCC(C)C(=O)NC1CCCCC1C(F)(F)F. The maximum absolute atomic E-state index is 12.8. The molecule has 0 heterocycles. The number of halogens is 3. The van der Waals surface area contributed by atoms with E-state index in [9.17, 15) is 18.0 Å². The molecule has 0 saturated heterocycles. The second-order valence-corrected chi connectivity index (χ2v) is 5.01. The molecule has 1 fully saturated rings. The van der Waals surface area contributed by atoms with Gasteiger partial charge in [0, 0.05) is 18.5 Å². The average Bonchev–Trinajstić information content (AvgIpc) is 2.28. The van der Waals surface area contributed by atoms with E-state index >= 15 is 0 Å². The third kappa shape index (κ3) is 4.15. The van der Waals surface area contributed by atoms with E-state index in [1.54, 1.807) is 14.0 Å². The number of hydrogen-bond acceptors (Lipinski definition) is 2. The highest BCUT2D eigenvalue weighted by molar-refractivity contribution is 5.78. The molecular formula is C12H21F3N2O. The van der Waals surface area contributed by atoms with Gasteiger partial charge in [0.2, 0.25) is 5.91 Å². The summed E-state index contributed by atoms with van der Waals surface area (Å²) >= 11 is 0. The summed E-state index contributed by atoms with van der Waals surface area (Å²) in [5.41, 5.74) is 0. The molecule has 2 N–H and O–H groups in total. The van der Waals surface area contributed by atoms with Gasteiger partial charge in [0.25, 0.3) is 0 Å². The Balaban J connectivity index is 2.60. The first-order valence-electron chi connectivity index (χ1n) is 6.38. The topological polar surface area (TPSA) is 41.1 Å². The first-order valence-corrected chi connectivity index (χ1v) is 6.38.